The molecule has 2 unspecified atom stereocenters. The summed E-state index contributed by atoms with van der Waals surface area (Å²) in [4.78, 5) is 0. The fourth-order valence-electron chi connectivity index (χ4n) is 3.48. The number of fused-ring (bicyclic) bond motifs is 1. The highest BCUT2D eigenvalue weighted by atomic mass is 35.5. The van der Waals surface area contributed by atoms with Gasteiger partial charge in [-0.15, -0.1) is 0 Å². The Labute approximate surface area is 164 Å². The van der Waals surface area contributed by atoms with Gasteiger partial charge in [0.2, 0.25) is 6.79 Å². The van der Waals surface area contributed by atoms with Crippen LogP contribution in [0.4, 0.5) is 0 Å². The van der Waals surface area contributed by atoms with Crippen molar-refractivity contribution in [3.8, 4) is 22.6 Å². The van der Waals surface area contributed by atoms with Crippen LogP contribution in [0.2, 0.25) is 5.02 Å². The zero-order valence-corrected chi connectivity index (χ0v) is 15.9. The smallest absolute Gasteiger partial charge is 0.231 e. The molecule has 3 aromatic carbocycles. The van der Waals surface area contributed by atoms with Crippen molar-refractivity contribution in [2.24, 2.45) is 5.73 Å². The Kier molecular flexibility index (Phi) is 5.06. The van der Waals surface area contributed by atoms with Crippen molar-refractivity contribution < 1.29 is 9.47 Å². The highest BCUT2D eigenvalue weighted by Gasteiger charge is 2.18. The molecule has 3 aromatic rings. The lowest BCUT2D eigenvalue weighted by atomic mass is 9.86. The first-order valence-electron chi connectivity index (χ1n) is 9.10. The number of benzene rings is 3. The van der Waals surface area contributed by atoms with Crippen LogP contribution in [0.1, 0.15) is 24.0 Å². The van der Waals surface area contributed by atoms with Gasteiger partial charge in [-0.1, -0.05) is 54.1 Å². The summed E-state index contributed by atoms with van der Waals surface area (Å²) < 4.78 is 10.9. The van der Waals surface area contributed by atoms with Crippen LogP contribution in [-0.4, -0.2) is 12.8 Å². The van der Waals surface area contributed by atoms with E-state index >= 15 is 0 Å². The van der Waals surface area contributed by atoms with Crippen LogP contribution in [0, 0.1) is 0 Å². The van der Waals surface area contributed by atoms with Gasteiger partial charge in [0.15, 0.2) is 11.5 Å². The van der Waals surface area contributed by atoms with Gasteiger partial charge < -0.3 is 15.2 Å². The fourth-order valence-corrected chi connectivity index (χ4v) is 3.61. The molecule has 0 spiro atoms. The number of rotatable bonds is 5. The van der Waals surface area contributed by atoms with Crippen LogP contribution < -0.4 is 15.2 Å². The largest absolute Gasteiger partial charge is 0.454 e. The van der Waals surface area contributed by atoms with E-state index in [9.17, 15) is 0 Å². The van der Waals surface area contributed by atoms with Crippen LogP contribution >= 0.6 is 11.6 Å². The molecule has 1 aliphatic heterocycles. The molecule has 0 amide bonds. The zero-order valence-electron chi connectivity index (χ0n) is 15.2. The monoisotopic (exact) mass is 379 g/mol. The molecule has 3 nitrogen and oxygen atoms in total. The molecule has 0 bridgehead atoms. The lowest BCUT2D eigenvalue weighted by Gasteiger charge is -2.22. The lowest BCUT2D eigenvalue weighted by Crippen LogP contribution is -2.26. The molecule has 0 radical (unpaired) electrons. The Morgan fingerprint density at radius 1 is 0.889 bits per heavy atom. The van der Waals surface area contributed by atoms with Crippen LogP contribution in [0.15, 0.2) is 66.7 Å². The molecule has 0 aromatic heterocycles. The summed E-state index contributed by atoms with van der Waals surface area (Å²) in [6, 6.07) is 22.7. The fraction of sp³-hybridized carbons (Fsp3) is 0.217. The van der Waals surface area contributed by atoms with Gasteiger partial charge >= 0.3 is 0 Å². The molecule has 4 heteroatoms. The van der Waals surface area contributed by atoms with Gasteiger partial charge in [0.25, 0.3) is 0 Å². The second-order valence-electron chi connectivity index (χ2n) is 6.99. The minimum Gasteiger partial charge on any atom is -0.454 e. The first-order chi connectivity index (χ1) is 13.1. The third kappa shape index (κ3) is 3.95. The van der Waals surface area contributed by atoms with Crippen LogP contribution in [0.5, 0.6) is 11.5 Å². The van der Waals surface area contributed by atoms with Gasteiger partial charge in [-0.2, -0.15) is 0 Å². The Bertz CT molecular complexity index is 920. The first kappa shape index (κ1) is 17.9. The summed E-state index contributed by atoms with van der Waals surface area (Å²) in [6.45, 7) is 2.35. The third-order valence-corrected chi connectivity index (χ3v) is 5.30. The molecule has 0 fully saturated rings. The minimum absolute atomic E-state index is 0.0528. The maximum absolute atomic E-state index is 6.30. The molecule has 0 saturated carbocycles. The van der Waals surface area contributed by atoms with Gasteiger partial charge in [-0.05, 0) is 59.9 Å². The third-order valence-electron chi connectivity index (χ3n) is 5.05. The molecule has 0 aliphatic carbocycles. The second-order valence-corrected chi connectivity index (χ2v) is 7.42. The molecule has 2 atom stereocenters. The van der Waals surface area contributed by atoms with Gasteiger partial charge in [0.05, 0.1) is 0 Å². The number of hydrogen-bond acceptors (Lipinski definition) is 3. The molecule has 27 heavy (non-hydrogen) atoms. The highest BCUT2D eigenvalue weighted by Crippen LogP contribution is 2.36. The summed E-state index contributed by atoms with van der Waals surface area (Å²) >= 11 is 6.00. The van der Waals surface area contributed by atoms with Crippen molar-refractivity contribution in [1.29, 1.82) is 0 Å². The molecule has 1 heterocycles. The van der Waals surface area contributed by atoms with Crippen molar-refractivity contribution in [1.82, 2.24) is 0 Å². The minimum atomic E-state index is 0.0528. The molecule has 2 N–H and O–H groups in total. The van der Waals surface area contributed by atoms with Crippen LogP contribution in [0.25, 0.3) is 11.1 Å². The molecule has 138 valence electrons. The van der Waals surface area contributed by atoms with Crippen molar-refractivity contribution in [3.63, 3.8) is 0 Å². The SMILES string of the molecule is CC(N)C(Cc1ccc(Cl)cc1)c1ccc(-c2ccc3c(c2)OCO3)cc1. The number of halogens is 1. The van der Waals surface area contributed by atoms with E-state index in [2.05, 4.69) is 49.4 Å². The normalized spacial score (nSPS) is 14.8. The summed E-state index contributed by atoms with van der Waals surface area (Å²) in [7, 11) is 0. The summed E-state index contributed by atoms with van der Waals surface area (Å²) in [6.07, 6.45) is 0.887. The quantitative estimate of drug-likeness (QED) is 0.644. The van der Waals surface area contributed by atoms with Gasteiger partial charge in [-0.3, -0.25) is 0 Å². The summed E-state index contributed by atoms with van der Waals surface area (Å²) in [5.74, 6) is 1.85. The topological polar surface area (TPSA) is 44.5 Å². The van der Waals surface area contributed by atoms with E-state index in [1.807, 2.05) is 24.3 Å². The van der Waals surface area contributed by atoms with E-state index in [1.165, 1.54) is 11.1 Å². The standard InChI is InChI=1S/C23H22ClNO2/c1-15(25)21(12-16-2-9-20(24)10-3-16)18-6-4-17(5-7-18)19-8-11-22-23(13-19)27-14-26-22/h2-11,13,15,21H,12,14,25H2,1H3. The second kappa shape index (κ2) is 7.63. The lowest BCUT2D eigenvalue weighted by molar-refractivity contribution is 0.174. The van der Waals surface area contributed by atoms with Crippen molar-refractivity contribution in [3.05, 3.63) is 82.9 Å². The molecular weight excluding hydrogens is 358 g/mol. The van der Waals surface area contributed by atoms with Crippen LogP contribution in [0.3, 0.4) is 0 Å². The van der Waals surface area contributed by atoms with Gasteiger partial charge in [-0.25, -0.2) is 0 Å². The Morgan fingerprint density at radius 3 is 2.26 bits per heavy atom. The van der Waals surface area contributed by atoms with E-state index in [1.54, 1.807) is 0 Å². The number of ether oxygens (including phenoxy) is 2. The first-order valence-corrected chi connectivity index (χ1v) is 9.48. The molecular formula is C23H22ClNO2. The Balaban J connectivity index is 1.56. The van der Waals surface area contributed by atoms with Gasteiger partial charge in [0, 0.05) is 17.0 Å². The van der Waals surface area contributed by atoms with Crippen LogP contribution in [-0.2, 0) is 6.42 Å². The van der Waals surface area contributed by atoms with Gasteiger partial charge in [0.1, 0.15) is 0 Å². The number of hydrogen-bond donors (Lipinski definition) is 1. The average Bonchev–Trinajstić information content (AvgIpc) is 3.15. The van der Waals surface area contributed by atoms with E-state index in [4.69, 9.17) is 26.8 Å². The predicted octanol–water partition coefficient (Wildman–Crippen LogP) is 5.41. The highest BCUT2D eigenvalue weighted by molar-refractivity contribution is 6.30. The van der Waals surface area contributed by atoms with Crippen molar-refractivity contribution in [2.75, 3.05) is 6.79 Å². The Morgan fingerprint density at radius 2 is 1.56 bits per heavy atom. The summed E-state index contributed by atoms with van der Waals surface area (Å²) in [5, 5.41) is 0.754. The molecule has 4 rings (SSSR count). The van der Waals surface area contributed by atoms with E-state index in [0.29, 0.717) is 6.79 Å². The van der Waals surface area contributed by atoms with E-state index in [-0.39, 0.29) is 12.0 Å². The zero-order chi connectivity index (χ0) is 18.8. The predicted molar refractivity (Wildman–Crippen MR) is 110 cm³/mol. The maximum atomic E-state index is 6.30. The van der Waals surface area contributed by atoms with Crippen molar-refractivity contribution in [2.45, 2.75) is 25.3 Å². The Hall–Kier alpha value is -2.49. The molecule has 1 aliphatic rings. The van der Waals surface area contributed by atoms with E-state index in [0.717, 1.165) is 34.1 Å². The number of nitrogens with two attached hydrogens (primary N) is 1. The maximum Gasteiger partial charge on any atom is 0.231 e. The van der Waals surface area contributed by atoms with Crippen molar-refractivity contribution >= 4 is 11.6 Å². The summed E-state index contributed by atoms with van der Waals surface area (Å²) in [5.41, 5.74) is 11.0. The average molecular weight is 380 g/mol. The van der Waals surface area contributed by atoms with E-state index < -0.39 is 0 Å². The molecule has 0 saturated heterocycles.